The third-order valence-electron chi connectivity index (χ3n) is 5.76. The topological polar surface area (TPSA) is 48.4 Å². The molecule has 0 bridgehead atoms. The average Bonchev–Trinajstić information content (AvgIpc) is 3.16. The van der Waals surface area contributed by atoms with Gasteiger partial charge in [-0.2, -0.15) is 0 Å². The fraction of sp³-hybridized carbons (Fsp3) is 0.391. The highest BCUT2D eigenvalue weighted by Crippen LogP contribution is 2.48. The zero-order valence-electron chi connectivity index (χ0n) is 17.0. The van der Waals surface area contributed by atoms with Crippen LogP contribution in [-0.4, -0.2) is 16.7 Å². The first-order valence-electron chi connectivity index (χ1n) is 10.1. The molecule has 3 aromatic rings. The summed E-state index contributed by atoms with van der Waals surface area (Å²) in [5.41, 5.74) is 3.50. The van der Waals surface area contributed by atoms with Crippen molar-refractivity contribution in [3.05, 3.63) is 50.7 Å². The Morgan fingerprint density at radius 3 is 2.73 bits per heavy atom. The van der Waals surface area contributed by atoms with E-state index >= 15 is 4.39 Å². The lowest BCUT2D eigenvalue weighted by molar-refractivity contribution is -0.160. The molecule has 3 heterocycles. The Labute approximate surface area is 183 Å². The zero-order valence-corrected chi connectivity index (χ0v) is 18.5. The summed E-state index contributed by atoms with van der Waals surface area (Å²) in [5.74, 6) is -1.96. The minimum Gasteiger partial charge on any atom is -0.431 e. The van der Waals surface area contributed by atoms with Crippen molar-refractivity contribution in [2.75, 3.05) is 0 Å². The molecule has 0 saturated carbocycles. The number of carbonyl (C=O) groups excluding carboxylic acids is 1. The second-order valence-corrected chi connectivity index (χ2v) is 9.84. The molecular formula is C23H21ClFNO3S. The van der Waals surface area contributed by atoms with Crippen LogP contribution in [0.15, 0.2) is 18.2 Å². The number of ether oxygens (including phenoxy) is 2. The van der Waals surface area contributed by atoms with Crippen LogP contribution < -0.4 is 0 Å². The van der Waals surface area contributed by atoms with Crippen molar-refractivity contribution >= 4 is 39.1 Å². The van der Waals surface area contributed by atoms with Crippen molar-refractivity contribution in [1.82, 2.24) is 4.98 Å². The summed E-state index contributed by atoms with van der Waals surface area (Å²) >= 11 is 7.69. The molecule has 1 aliphatic heterocycles. The summed E-state index contributed by atoms with van der Waals surface area (Å²) in [6.07, 6.45) is 3.19. The Balaban J connectivity index is 1.87. The molecule has 1 aromatic carbocycles. The summed E-state index contributed by atoms with van der Waals surface area (Å²) in [6.45, 7) is 5.23. The number of cyclic esters (lactones) is 1. The van der Waals surface area contributed by atoms with Crippen LogP contribution in [0.2, 0.25) is 5.02 Å². The van der Waals surface area contributed by atoms with E-state index in [1.807, 2.05) is 6.92 Å². The van der Waals surface area contributed by atoms with Crippen LogP contribution in [0, 0.1) is 12.7 Å². The Kier molecular flexibility index (Phi) is 4.65. The predicted octanol–water partition coefficient (Wildman–Crippen LogP) is 6.29. The van der Waals surface area contributed by atoms with Crippen LogP contribution in [0.3, 0.4) is 0 Å². The molecule has 0 spiro atoms. The number of hydrogen-bond donors (Lipinski definition) is 0. The first-order valence-corrected chi connectivity index (χ1v) is 11.3. The number of carbonyl (C=O) groups is 1. The van der Waals surface area contributed by atoms with Crippen molar-refractivity contribution in [3.8, 4) is 11.1 Å². The monoisotopic (exact) mass is 445 g/mol. The van der Waals surface area contributed by atoms with Crippen LogP contribution in [-0.2, 0) is 27.1 Å². The zero-order chi connectivity index (χ0) is 21.2. The number of aryl methyl sites for hydroxylation is 3. The van der Waals surface area contributed by atoms with Crippen molar-refractivity contribution in [2.45, 2.75) is 58.3 Å². The van der Waals surface area contributed by atoms with E-state index in [4.69, 9.17) is 26.1 Å². The fourth-order valence-corrected chi connectivity index (χ4v) is 6.01. The maximum Gasteiger partial charge on any atom is 0.342 e. The number of nitrogens with zero attached hydrogens (tertiary/aromatic N) is 1. The van der Waals surface area contributed by atoms with Gasteiger partial charge in [0.15, 0.2) is 6.10 Å². The molecule has 5 rings (SSSR count). The van der Waals surface area contributed by atoms with Crippen molar-refractivity contribution in [2.24, 2.45) is 0 Å². The van der Waals surface area contributed by atoms with E-state index in [9.17, 15) is 4.79 Å². The third-order valence-corrected chi connectivity index (χ3v) is 7.18. The van der Waals surface area contributed by atoms with Gasteiger partial charge in [0.2, 0.25) is 5.79 Å². The summed E-state index contributed by atoms with van der Waals surface area (Å²) in [6, 6.07) is 4.65. The second-order valence-electron chi connectivity index (χ2n) is 8.32. The molecule has 1 fully saturated rings. The number of hydrogen-bond acceptors (Lipinski definition) is 5. The molecule has 1 atom stereocenters. The minimum atomic E-state index is -1.05. The number of fused-ring (bicyclic) bond motifs is 3. The summed E-state index contributed by atoms with van der Waals surface area (Å²) in [5, 5.41) is 1.25. The Morgan fingerprint density at radius 1 is 1.27 bits per heavy atom. The smallest absolute Gasteiger partial charge is 0.342 e. The van der Waals surface area contributed by atoms with Crippen LogP contribution in [0.5, 0.6) is 0 Å². The van der Waals surface area contributed by atoms with E-state index in [0.717, 1.165) is 35.9 Å². The van der Waals surface area contributed by atoms with Crippen LogP contribution >= 0.6 is 22.9 Å². The molecule has 0 radical (unpaired) electrons. The van der Waals surface area contributed by atoms with Gasteiger partial charge in [-0.15, -0.1) is 11.3 Å². The van der Waals surface area contributed by atoms with Gasteiger partial charge >= 0.3 is 5.97 Å². The molecule has 30 heavy (non-hydrogen) atoms. The number of thiophene rings is 1. The first-order chi connectivity index (χ1) is 14.2. The third kappa shape index (κ3) is 3.13. The molecule has 0 N–H and O–H groups in total. The predicted molar refractivity (Wildman–Crippen MR) is 115 cm³/mol. The largest absolute Gasteiger partial charge is 0.431 e. The molecule has 7 heteroatoms. The number of rotatable bonds is 2. The number of esters is 1. The molecule has 2 aromatic heterocycles. The molecule has 1 unspecified atom stereocenters. The second kappa shape index (κ2) is 7.01. The van der Waals surface area contributed by atoms with E-state index < -0.39 is 23.7 Å². The van der Waals surface area contributed by atoms with Gasteiger partial charge in [0.25, 0.3) is 0 Å². The Hall–Kier alpha value is -2.02. The molecule has 2 aliphatic rings. The minimum absolute atomic E-state index is 0.324. The highest BCUT2D eigenvalue weighted by atomic mass is 35.5. The standard InChI is InChI=1S/C23H21ClFNO3S/c1-11-17(20-22(27)29-23(2,3)28-20)18(13-9-8-12(24)10-15(13)25)19-14-6-4-5-7-16(14)30-21(19)26-11/h8-10,20H,4-7H2,1-3H3. The quantitative estimate of drug-likeness (QED) is 0.434. The molecule has 4 nitrogen and oxygen atoms in total. The van der Waals surface area contributed by atoms with E-state index in [2.05, 4.69) is 0 Å². The van der Waals surface area contributed by atoms with E-state index in [0.29, 0.717) is 27.4 Å². The number of benzene rings is 1. The van der Waals surface area contributed by atoms with Crippen molar-refractivity contribution < 1.29 is 18.7 Å². The normalized spacial score (nSPS) is 20.4. The lowest BCUT2D eigenvalue weighted by Crippen LogP contribution is -2.20. The fourth-order valence-electron chi connectivity index (χ4n) is 4.54. The lowest BCUT2D eigenvalue weighted by Gasteiger charge is -2.20. The molecule has 1 aliphatic carbocycles. The van der Waals surface area contributed by atoms with Gasteiger partial charge in [-0.1, -0.05) is 11.6 Å². The van der Waals surface area contributed by atoms with Crippen LogP contribution in [0.1, 0.15) is 54.5 Å². The van der Waals surface area contributed by atoms with Gasteiger partial charge in [0.1, 0.15) is 10.6 Å². The lowest BCUT2D eigenvalue weighted by atomic mass is 9.88. The van der Waals surface area contributed by atoms with Gasteiger partial charge in [-0.3, -0.25) is 0 Å². The average molecular weight is 446 g/mol. The van der Waals surface area contributed by atoms with Gasteiger partial charge in [-0.25, -0.2) is 14.2 Å². The number of aromatic nitrogens is 1. The van der Waals surface area contributed by atoms with Crippen LogP contribution in [0.25, 0.3) is 21.3 Å². The Bertz CT molecular complexity index is 1200. The number of halogens is 2. The van der Waals surface area contributed by atoms with Crippen molar-refractivity contribution in [3.63, 3.8) is 0 Å². The summed E-state index contributed by atoms with van der Waals surface area (Å²) < 4.78 is 26.6. The van der Waals surface area contributed by atoms with E-state index in [1.54, 1.807) is 37.3 Å². The van der Waals surface area contributed by atoms with Gasteiger partial charge < -0.3 is 9.47 Å². The highest BCUT2D eigenvalue weighted by Gasteiger charge is 2.44. The first kappa shape index (κ1) is 19.9. The van der Waals surface area contributed by atoms with Gasteiger partial charge in [0, 0.05) is 51.5 Å². The maximum absolute atomic E-state index is 15.2. The van der Waals surface area contributed by atoms with Gasteiger partial charge in [0.05, 0.1) is 0 Å². The molecule has 156 valence electrons. The van der Waals surface area contributed by atoms with Gasteiger partial charge in [-0.05, 0) is 56.4 Å². The van der Waals surface area contributed by atoms with Crippen LogP contribution in [0.4, 0.5) is 4.39 Å². The SMILES string of the molecule is Cc1nc2sc3c(c2c(-c2ccc(Cl)cc2F)c1C1OC(C)(C)OC1=O)CCCC3. The van der Waals surface area contributed by atoms with E-state index in [1.165, 1.54) is 16.5 Å². The maximum atomic E-state index is 15.2. The summed E-state index contributed by atoms with van der Waals surface area (Å²) in [4.78, 5) is 19.7. The number of pyridine rings is 1. The Morgan fingerprint density at radius 2 is 2.03 bits per heavy atom. The van der Waals surface area contributed by atoms with Crippen molar-refractivity contribution in [1.29, 1.82) is 0 Å². The highest BCUT2D eigenvalue weighted by molar-refractivity contribution is 7.19. The molecule has 1 saturated heterocycles. The molecular weight excluding hydrogens is 425 g/mol. The molecule has 0 amide bonds. The van der Waals surface area contributed by atoms with E-state index in [-0.39, 0.29) is 0 Å². The summed E-state index contributed by atoms with van der Waals surface area (Å²) in [7, 11) is 0.